The third-order valence-electron chi connectivity index (χ3n) is 4.12. The summed E-state index contributed by atoms with van der Waals surface area (Å²) in [5, 5.41) is 6.24. The summed E-state index contributed by atoms with van der Waals surface area (Å²) in [7, 11) is 1.50. The molecule has 0 atom stereocenters. The summed E-state index contributed by atoms with van der Waals surface area (Å²) in [5.41, 5.74) is 7.49. The molecule has 152 valence electrons. The summed E-state index contributed by atoms with van der Waals surface area (Å²) in [4.78, 5) is 26.0. The molecule has 0 aliphatic carbocycles. The van der Waals surface area contributed by atoms with Crippen molar-refractivity contribution in [2.24, 2.45) is 0 Å². The number of hydrogen-bond acceptors (Lipinski definition) is 8. The van der Waals surface area contributed by atoms with Gasteiger partial charge in [0.2, 0.25) is 5.88 Å². The fourth-order valence-corrected chi connectivity index (χ4v) is 3.83. The number of nitrogen functional groups attached to an aromatic ring is 1. The van der Waals surface area contributed by atoms with Gasteiger partial charge in [-0.05, 0) is 24.3 Å². The number of hydrogen-bond donors (Lipinski definition) is 3. The predicted octanol–water partition coefficient (Wildman–Crippen LogP) is 4.47. The number of rotatable bonds is 5. The standard InChI is InChI=1S/C19H14ClFN6O2S/c1-29-13-5-3-10(7-23-13)27-18(28)16-15(22)14-17(24-8-25-19(14)30-16)26-9-2-4-12(21)11(20)6-9/h2-8H,22H2,1H3,(H,27,28)(H,24,25,26). The van der Waals surface area contributed by atoms with Crippen molar-refractivity contribution in [3.63, 3.8) is 0 Å². The van der Waals surface area contributed by atoms with Crippen molar-refractivity contribution < 1.29 is 13.9 Å². The Morgan fingerprint density at radius 1 is 1.20 bits per heavy atom. The van der Waals surface area contributed by atoms with Crippen LogP contribution in [0.1, 0.15) is 9.67 Å². The number of pyridine rings is 1. The first-order valence-corrected chi connectivity index (χ1v) is 9.72. The largest absolute Gasteiger partial charge is 0.481 e. The minimum absolute atomic E-state index is 0.0308. The molecule has 3 heterocycles. The van der Waals surface area contributed by atoms with Gasteiger partial charge in [-0.1, -0.05) is 11.6 Å². The first-order chi connectivity index (χ1) is 14.5. The van der Waals surface area contributed by atoms with E-state index in [2.05, 4.69) is 25.6 Å². The molecule has 0 spiro atoms. The van der Waals surface area contributed by atoms with Crippen molar-refractivity contribution in [2.45, 2.75) is 0 Å². The minimum Gasteiger partial charge on any atom is -0.481 e. The number of thiophene rings is 1. The third-order valence-corrected chi connectivity index (χ3v) is 5.52. The molecule has 0 fully saturated rings. The van der Waals surface area contributed by atoms with Crippen LogP contribution in [0, 0.1) is 5.82 Å². The predicted molar refractivity (Wildman–Crippen MR) is 115 cm³/mol. The molecule has 8 nitrogen and oxygen atoms in total. The quantitative estimate of drug-likeness (QED) is 0.416. The van der Waals surface area contributed by atoms with Gasteiger partial charge in [-0.2, -0.15) is 0 Å². The summed E-state index contributed by atoms with van der Waals surface area (Å²) < 4.78 is 18.4. The van der Waals surface area contributed by atoms with Gasteiger partial charge in [-0.15, -0.1) is 11.3 Å². The number of nitrogens with one attached hydrogen (secondary N) is 2. The zero-order valence-electron chi connectivity index (χ0n) is 15.4. The number of nitrogens with two attached hydrogens (primary N) is 1. The number of fused-ring (bicyclic) bond motifs is 1. The first kappa shape index (κ1) is 19.8. The van der Waals surface area contributed by atoms with Crippen molar-refractivity contribution in [3.05, 3.63) is 58.6 Å². The monoisotopic (exact) mass is 444 g/mol. The lowest BCUT2D eigenvalue weighted by Crippen LogP contribution is -2.12. The average molecular weight is 445 g/mol. The number of amides is 1. The SMILES string of the molecule is COc1ccc(NC(=O)c2sc3ncnc(Nc4ccc(F)c(Cl)c4)c3c2N)cn1. The average Bonchev–Trinajstić information content (AvgIpc) is 3.09. The fraction of sp³-hybridized carbons (Fsp3) is 0.0526. The van der Waals surface area contributed by atoms with E-state index in [0.29, 0.717) is 33.3 Å². The molecule has 4 N–H and O–H groups in total. The van der Waals surface area contributed by atoms with Crippen molar-refractivity contribution in [2.75, 3.05) is 23.5 Å². The zero-order chi connectivity index (χ0) is 21.3. The van der Waals surface area contributed by atoms with Crippen LogP contribution in [0.15, 0.2) is 42.9 Å². The van der Waals surface area contributed by atoms with Crippen LogP contribution in [0.2, 0.25) is 5.02 Å². The summed E-state index contributed by atoms with van der Waals surface area (Å²) in [6.45, 7) is 0. The Labute approximate surface area is 178 Å². The van der Waals surface area contributed by atoms with Gasteiger partial charge in [0, 0.05) is 11.8 Å². The molecular weight excluding hydrogens is 431 g/mol. The Morgan fingerprint density at radius 2 is 2.00 bits per heavy atom. The second-order valence-corrected chi connectivity index (χ2v) is 7.45. The van der Waals surface area contributed by atoms with E-state index in [4.69, 9.17) is 22.1 Å². The molecule has 3 aromatic heterocycles. The van der Waals surface area contributed by atoms with Gasteiger partial charge in [-0.25, -0.2) is 19.3 Å². The summed E-state index contributed by atoms with van der Waals surface area (Å²) in [6.07, 6.45) is 2.83. The second-order valence-electron chi connectivity index (χ2n) is 6.04. The normalized spacial score (nSPS) is 10.8. The third kappa shape index (κ3) is 3.82. The number of aromatic nitrogens is 3. The number of carbonyl (C=O) groups is 1. The van der Waals surface area contributed by atoms with Crippen LogP contribution in [0.4, 0.5) is 27.3 Å². The highest BCUT2D eigenvalue weighted by atomic mass is 35.5. The molecule has 4 rings (SSSR count). The molecular formula is C19H14ClFN6O2S. The molecule has 30 heavy (non-hydrogen) atoms. The smallest absolute Gasteiger partial charge is 0.268 e. The maximum absolute atomic E-state index is 13.4. The van der Waals surface area contributed by atoms with E-state index in [1.54, 1.807) is 12.1 Å². The highest BCUT2D eigenvalue weighted by Crippen LogP contribution is 2.37. The molecule has 0 saturated carbocycles. The van der Waals surface area contributed by atoms with Gasteiger partial charge in [0.05, 0.1) is 35.1 Å². The second kappa shape index (κ2) is 8.09. The summed E-state index contributed by atoms with van der Waals surface area (Å²) in [6, 6.07) is 7.48. The lowest BCUT2D eigenvalue weighted by atomic mass is 10.2. The highest BCUT2D eigenvalue weighted by Gasteiger charge is 2.21. The first-order valence-electron chi connectivity index (χ1n) is 8.52. The zero-order valence-corrected chi connectivity index (χ0v) is 17.0. The Morgan fingerprint density at radius 3 is 2.70 bits per heavy atom. The number of carbonyl (C=O) groups excluding carboxylic acids is 1. The van der Waals surface area contributed by atoms with E-state index in [-0.39, 0.29) is 15.6 Å². The van der Waals surface area contributed by atoms with Gasteiger partial charge in [0.15, 0.2) is 0 Å². The van der Waals surface area contributed by atoms with Gasteiger partial charge in [0.25, 0.3) is 5.91 Å². The maximum Gasteiger partial charge on any atom is 0.268 e. The Hall–Kier alpha value is -3.50. The van der Waals surface area contributed by atoms with Crippen LogP contribution in [0.25, 0.3) is 10.2 Å². The van der Waals surface area contributed by atoms with E-state index in [1.165, 1.54) is 37.8 Å². The molecule has 0 aliphatic rings. The fourth-order valence-electron chi connectivity index (χ4n) is 2.69. The van der Waals surface area contributed by atoms with Crippen LogP contribution in [-0.2, 0) is 0 Å². The maximum atomic E-state index is 13.4. The van der Waals surface area contributed by atoms with Crippen LogP contribution in [0.5, 0.6) is 5.88 Å². The Bertz CT molecular complexity index is 1250. The number of nitrogens with zero attached hydrogens (tertiary/aromatic N) is 3. The van der Waals surface area contributed by atoms with E-state index >= 15 is 0 Å². The van der Waals surface area contributed by atoms with Crippen LogP contribution in [-0.4, -0.2) is 28.0 Å². The van der Waals surface area contributed by atoms with Gasteiger partial charge >= 0.3 is 0 Å². The van der Waals surface area contributed by atoms with Gasteiger partial charge < -0.3 is 21.1 Å². The molecule has 1 amide bonds. The summed E-state index contributed by atoms with van der Waals surface area (Å²) >= 11 is 6.96. The molecule has 11 heteroatoms. The lowest BCUT2D eigenvalue weighted by molar-refractivity contribution is 0.103. The van der Waals surface area contributed by atoms with E-state index in [0.717, 1.165) is 11.3 Å². The molecule has 4 aromatic rings. The van der Waals surface area contributed by atoms with E-state index in [1.807, 2.05) is 0 Å². The van der Waals surface area contributed by atoms with Crippen molar-refractivity contribution in [3.8, 4) is 5.88 Å². The number of anilines is 4. The van der Waals surface area contributed by atoms with Crippen molar-refractivity contribution in [1.29, 1.82) is 0 Å². The summed E-state index contributed by atoms with van der Waals surface area (Å²) in [5.74, 6) is -0.127. The minimum atomic E-state index is -0.530. The number of methoxy groups -OCH3 is 1. The van der Waals surface area contributed by atoms with E-state index in [9.17, 15) is 9.18 Å². The van der Waals surface area contributed by atoms with E-state index < -0.39 is 11.7 Å². The molecule has 0 radical (unpaired) electrons. The number of ether oxygens (including phenoxy) is 1. The molecule has 0 bridgehead atoms. The lowest BCUT2D eigenvalue weighted by Gasteiger charge is -2.08. The Kier molecular flexibility index (Phi) is 5.34. The van der Waals surface area contributed by atoms with Crippen LogP contribution < -0.4 is 21.1 Å². The Balaban J connectivity index is 1.65. The number of halogens is 2. The van der Waals surface area contributed by atoms with Crippen LogP contribution in [0.3, 0.4) is 0 Å². The molecule has 0 aliphatic heterocycles. The highest BCUT2D eigenvalue weighted by molar-refractivity contribution is 7.21. The molecule has 0 unspecified atom stereocenters. The van der Waals surface area contributed by atoms with Gasteiger partial charge in [0.1, 0.15) is 27.7 Å². The number of benzene rings is 1. The molecule has 0 saturated heterocycles. The molecule has 1 aromatic carbocycles. The van der Waals surface area contributed by atoms with Gasteiger partial charge in [-0.3, -0.25) is 4.79 Å². The van der Waals surface area contributed by atoms with Crippen LogP contribution >= 0.6 is 22.9 Å². The topological polar surface area (TPSA) is 115 Å². The van der Waals surface area contributed by atoms with Crippen molar-refractivity contribution >= 4 is 61.9 Å². The van der Waals surface area contributed by atoms with Crippen molar-refractivity contribution in [1.82, 2.24) is 15.0 Å².